The van der Waals surface area contributed by atoms with Crippen LogP contribution in [0.4, 0.5) is 5.69 Å². The molecule has 2 saturated carbocycles. The Labute approximate surface area is 215 Å². The fourth-order valence-corrected chi connectivity index (χ4v) is 7.23. The van der Waals surface area contributed by atoms with Gasteiger partial charge in [-0.3, -0.25) is 9.59 Å². The molecule has 0 unspecified atom stereocenters. The number of hydrogen-bond donors (Lipinski definition) is 0. The van der Waals surface area contributed by atoms with Gasteiger partial charge in [0.25, 0.3) is 0 Å². The van der Waals surface area contributed by atoms with Crippen LogP contribution in [0.5, 0.6) is 0 Å². The van der Waals surface area contributed by atoms with Gasteiger partial charge in [0.2, 0.25) is 11.8 Å². The number of piperidine rings is 1. The van der Waals surface area contributed by atoms with Crippen LogP contribution in [-0.4, -0.2) is 60.9 Å². The van der Waals surface area contributed by atoms with E-state index in [0.29, 0.717) is 17.7 Å². The lowest BCUT2D eigenvalue weighted by molar-refractivity contribution is -0.136. The first-order valence-electron chi connectivity index (χ1n) is 14.1. The molecule has 2 aromatic carbocycles. The van der Waals surface area contributed by atoms with Gasteiger partial charge in [0.15, 0.2) is 0 Å². The maximum atomic E-state index is 13.8. The van der Waals surface area contributed by atoms with Crippen LogP contribution < -0.4 is 4.90 Å². The van der Waals surface area contributed by atoms with Crippen LogP contribution in [0, 0.1) is 17.3 Å². The van der Waals surface area contributed by atoms with E-state index in [-0.39, 0.29) is 17.3 Å². The van der Waals surface area contributed by atoms with Crippen LogP contribution in [0.1, 0.15) is 56.4 Å². The number of hydrogen-bond acceptors (Lipinski definition) is 3. The molecule has 5 heteroatoms. The Balaban J connectivity index is 1.04. The summed E-state index contributed by atoms with van der Waals surface area (Å²) in [5.41, 5.74) is 2.57. The minimum atomic E-state index is 0.000271. The molecule has 36 heavy (non-hydrogen) atoms. The van der Waals surface area contributed by atoms with Crippen LogP contribution in [0.3, 0.4) is 0 Å². The number of carbonyl (C=O) groups excluding carboxylic acids is 2. The van der Waals surface area contributed by atoms with Gasteiger partial charge in [0.1, 0.15) is 0 Å². The van der Waals surface area contributed by atoms with Gasteiger partial charge in [0, 0.05) is 50.9 Å². The Morgan fingerprint density at radius 2 is 1.36 bits per heavy atom. The number of likely N-dealkylation sites (tertiary alicyclic amines) is 1. The Hall–Kier alpha value is -2.82. The lowest BCUT2D eigenvalue weighted by Gasteiger charge is -2.38. The summed E-state index contributed by atoms with van der Waals surface area (Å²) in [4.78, 5) is 33.8. The van der Waals surface area contributed by atoms with Gasteiger partial charge in [-0.15, -0.1) is 0 Å². The first kappa shape index (κ1) is 23.6. The number of para-hydroxylation sites is 1. The molecule has 0 bridgehead atoms. The molecule has 190 valence electrons. The van der Waals surface area contributed by atoms with Gasteiger partial charge < -0.3 is 14.7 Å². The Morgan fingerprint density at radius 3 is 2.00 bits per heavy atom. The molecule has 0 aromatic heterocycles. The van der Waals surface area contributed by atoms with Crippen molar-refractivity contribution >= 4 is 17.5 Å². The first-order valence-corrected chi connectivity index (χ1v) is 14.1. The molecule has 5 nitrogen and oxygen atoms in total. The number of piperazine rings is 1. The molecule has 2 saturated heterocycles. The molecular formula is C31H39N3O2. The maximum absolute atomic E-state index is 13.8. The average Bonchev–Trinajstić information content (AvgIpc) is 3.36. The smallest absolute Gasteiger partial charge is 0.230 e. The number of carbonyl (C=O) groups is 2. The minimum absolute atomic E-state index is 0.000271. The normalized spacial score (nSPS) is 24.7. The number of rotatable bonds is 5. The SMILES string of the molecule is O=C([C@H]1CC12CCN(C(=O)[C@@H](c1ccccc1)C1CCCC1)CC2)N1CCN(c2ccccc2)CC1. The number of amides is 2. The standard InChI is InChI=1S/C31H39N3O2/c35-29(34-21-19-32(20-22-34)26-13-5-2-6-14-26)27-23-31(27)15-17-33(18-16-31)30(36)28(25-11-7-8-12-25)24-9-3-1-4-10-24/h1-6,9-10,13-14,25,27-28H,7-8,11-12,15-23H2/t27-,28+/m1/s1. The summed E-state index contributed by atoms with van der Waals surface area (Å²) in [6.45, 7) is 5.04. The van der Waals surface area contributed by atoms with Crippen LogP contribution in [-0.2, 0) is 9.59 Å². The van der Waals surface area contributed by atoms with E-state index in [0.717, 1.165) is 71.4 Å². The third-order valence-corrected chi connectivity index (χ3v) is 9.57. The Kier molecular flexibility index (Phi) is 6.49. The maximum Gasteiger partial charge on any atom is 0.230 e. The monoisotopic (exact) mass is 485 g/mol. The van der Waals surface area contributed by atoms with E-state index in [9.17, 15) is 9.59 Å². The third-order valence-electron chi connectivity index (χ3n) is 9.57. The second-order valence-electron chi connectivity index (χ2n) is 11.5. The summed E-state index contributed by atoms with van der Waals surface area (Å²) < 4.78 is 0. The first-order chi connectivity index (χ1) is 17.6. The topological polar surface area (TPSA) is 43.9 Å². The summed E-state index contributed by atoms with van der Waals surface area (Å²) in [6.07, 6.45) is 7.78. The van der Waals surface area contributed by atoms with Gasteiger partial charge in [-0.25, -0.2) is 0 Å². The van der Waals surface area contributed by atoms with E-state index >= 15 is 0 Å². The predicted molar refractivity (Wildman–Crippen MR) is 143 cm³/mol. The Morgan fingerprint density at radius 1 is 0.750 bits per heavy atom. The molecule has 2 atom stereocenters. The molecular weight excluding hydrogens is 446 g/mol. The van der Waals surface area contributed by atoms with Crippen molar-refractivity contribution in [2.75, 3.05) is 44.2 Å². The van der Waals surface area contributed by atoms with E-state index in [1.54, 1.807) is 0 Å². The van der Waals surface area contributed by atoms with Crippen molar-refractivity contribution < 1.29 is 9.59 Å². The summed E-state index contributed by atoms with van der Waals surface area (Å²) in [5.74, 6) is 1.32. The van der Waals surface area contributed by atoms with Crippen molar-refractivity contribution in [2.45, 2.75) is 50.9 Å². The number of benzene rings is 2. The highest BCUT2D eigenvalue weighted by molar-refractivity contribution is 5.85. The third kappa shape index (κ3) is 4.53. The zero-order chi connectivity index (χ0) is 24.5. The van der Waals surface area contributed by atoms with Crippen LogP contribution in [0.15, 0.2) is 60.7 Å². The van der Waals surface area contributed by atoms with Crippen molar-refractivity contribution in [2.24, 2.45) is 17.3 Å². The van der Waals surface area contributed by atoms with Crippen molar-refractivity contribution in [3.05, 3.63) is 66.2 Å². The largest absolute Gasteiger partial charge is 0.368 e. The minimum Gasteiger partial charge on any atom is -0.368 e. The van der Waals surface area contributed by atoms with Crippen LogP contribution in [0.25, 0.3) is 0 Å². The second kappa shape index (κ2) is 9.91. The molecule has 4 aliphatic rings. The van der Waals surface area contributed by atoms with Crippen molar-refractivity contribution in [1.29, 1.82) is 0 Å². The van der Waals surface area contributed by atoms with E-state index in [4.69, 9.17) is 0 Å². The van der Waals surface area contributed by atoms with Crippen molar-refractivity contribution in [3.8, 4) is 0 Å². The highest BCUT2D eigenvalue weighted by atomic mass is 16.2. The van der Waals surface area contributed by atoms with Gasteiger partial charge in [-0.05, 0) is 61.1 Å². The van der Waals surface area contributed by atoms with Crippen LogP contribution >= 0.6 is 0 Å². The molecule has 2 aliphatic carbocycles. The number of nitrogens with zero attached hydrogens (tertiary/aromatic N) is 3. The summed E-state index contributed by atoms with van der Waals surface area (Å²) in [6, 6.07) is 20.9. The molecule has 2 heterocycles. The quantitative estimate of drug-likeness (QED) is 0.603. The van der Waals surface area contributed by atoms with E-state index in [2.05, 4.69) is 63.2 Å². The Bertz CT molecular complexity index is 1050. The molecule has 2 aromatic rings. The van der Waals surface area contributed by atoms with Gasteiger partial charge in [-0.2, -0.15) is 0 Å². The highest BCUT2D eigenvalue weighted by Crippen LogP contribution is 2.60. The highest BCUT2D eigenvalue weighted by Gasteiger charge is 2.59. The fourth-order valence-electron chi connectivity index (χ4n) is 7.23. The average molecular weight is 486 g/mol. The van der Waals surface area contributed by atoms with Gasteiger partial charge in [0.05, 0.1) is 5.92 Å². The summed E-state index contributed by atoms with van der Waals surface area (Å²) in [7, 11) is 0. The molecule has 1 spiro atoms. The summed E-state index contributed by atoms with van der Waals surface area (Å²) >= 11 is 0. The summed E-state index contributed by atoms with van der Waals surface area (Å²) in [5, 5.41) is 0. The molecule has 0 radical (unpaired) electrons. The zero-order valence-corrected chi connectivity index (χ0v) is 21.4. The van der Waals surface area contributed by atoms with Crippen LogP contribution in [0.2, 0.25) is 0 Å². The fraction of sp³-hybridized carbons (Fsp3) is 0.548. The second-order valence-corrected chi connectivity index (χ2v) is 11.5. The van der Waals surface area contributed by atoms with Crippen molar-refractivity contribution in [1.82, 2.24) is 9.80 Å². The van der Waals surface area contributed by atoms with E-state index in [1.807, 2.05) is 12.1 Å². The van der Waals surface area contributed by atoms with E-state index in [1.165, 1.54) is 24.1 Å². The molecule has 4 fully saturated rings. The molecule has 2 aliphatic heterocycles. The predicted octanol–water partition coefficient (Wildman–Crippen LogP) is 4.94. The molecule has 6 rings (SSSR count). The number of anilines is 1. The van der Waals surface area contributed by atoms with Gasteiger partial charge in [-0.1, -0.05) is 61.4 Å². The van der Waals surface area contributed by atoms with Crippen molar-refractivity contribution in [3.63, 3.8) is 0 Å². The van der Waals surface area contributed by atoms with E-state index < -0.39 is 0 Å². The lowest BCUT2D eigenvalue weighted by atomic mass is 9.82. The molecule has 0 N–H and O–H groups in total. The zero-order valence-electron chi connectivity index (χ0n) is 21.4. The molecule has 2 amide bonds. The lowest BCUT2D eigenvalue weighted by Crippen LogP contribution is -2.50. The van der Waals surface area contributed by atoms with Gasteiger partial charge >= 0.3 is 0 Å².